The van der Waals surface area contributed by atoms with Gasteiger partial charge in [-0.15, -0.1) is 10.2 Å². The minimum atomic E-state index is -0.916. The molecular formula is C6H13N5OS. The first-order valence-corrected chi connectivity index (χ1v) is 5.49. The molecule has 2 N–H and O–H groups in total. The van der Waals surface area contributed by atoms with E-state index in [0.29, 0.717) is 23.9 Å². The van der Waals surface area contributed by atoms with E-state index in [2.05, 4.69) is 15.4 Å². The van der Waals surface area contributed by atoms with Crippen molar-refractivity contribution in [3.05, 3.63) is 5.82 Å². The van der Waals surface area contributed by atoms with Gasteiger partial charge in [0.25, 0.3) is 0 Å². The number of rotatable bonds is 5. The number of hydrogen-bond donors (Lipinski definition) is 1. The Bertz CT molecular complexity index is 286. The van der Waals surface area contributed by atoms with Crippen LogP contribution in [0.1, 0.15) is 12.2 Å². The van der Waals surface area contributed by atoms with Gasteiger partial charge in [-0.25, -0.2) is 0 Å². The SMILES string of the molecule is Cn1nnc(CS(=O)CCCN)n1. The zero-order valence-corrected chi connectivity index (χ0v) is 8.33. The van der Waals surface area contributed by atoms with E-state index in [1.54, 1.807) is 7.05 Å². The van der Waals surface area contributed by atoms with Crippen LogP contribution in [0, 0.1) is 0 Å². The molecule has 0 radical (unpaired) electrons. The molecule has 74 valence electrons. The number of nitrogens with zero attached hydrogens (tertiary/aromatic N) is 4. The summed E-state index contributed by atoms with van der Waals surface area (Å²) in [4.78, 5) is 1.36. The Balaban J connectivity index is 2.36. The molecule has 0 saturated carbocycles. The van der Waals surface area contributed by atoms with E-state index >= 15 is 0 Å². The number of aryl methyl sites for hydroxylation is 1. The Labute approximate surface area is 79.0 Å². The number of hydrogen-bond acceptors (Lipinski definition) is 5. The van der Waals surface area contributed by atoms with Gasteiger partial charge in [-0.3, -0.25) is 4.21 Å². The van der Waals surface area contributed by atoms with Crippen molar-refractivity contribution in [3.8, 4) is 0 Å². The van der Waals surface area contributed by atoms with E-state index in [4.69, 9.17) is 5.73 Å². The van der Waals surface area contributed by atoms with Crippen LogP contribution in [0.15, 0.2) is 0 Å². The third-order valence-corrected chi connectivity index (χ3v) is 2.74. The molecule has 1 atom stereocenters. The summed E-state index contributed by atoms with van der Waals surface area (Å²) < 4.78 is 11.3. The Morgan fingerprint density at radius 1 is 1.62 bits per heavy atom. The number of nitrogens with two attached hydrogens (primary N) is 1. The lowest BCUT2D eigenvalue weighted by Crippen LogP contribution is -2.08. The van der Waals surface area contributed by atoms with Gasteiger partial charge < -0.3 is 5.73 Å². The Morgan fingerprint density at radius 2 is 2.38 bits per heavy atom. The summed E-state index contributed by atoms with van der Waals surface area (Å²) in [5, 5.41) is 11.3. The molecule has 1 aromatic rings. The molecule has 0 aromatic carbocycles. The van der Waals surface area contributed by atoms with Crippen LogP contribution in [-0.4, -0.2) is 36.7 Å². The molecule has 6 nitrogen and oxygen atoms in total. The molecule has 1 rings (SSSR count). The maximum atomic E-state index is 11.3. The predicted molar refractivity (Wildman–Crippen MR) is 49.2 cm³/mol. The lowest BCUT2D eigenvalue weighted by Gasteiger charge is -1.95. The molecule has 0 saturated heterocycles. The Morgan fingerprint density at radius 3 is 2.92 bits per heavy atom. The zero-order valence-electron chi connectivity index (χ0n) is 7.51. The third kappa shape index (κ3) is 3.60. The van der Waals surface area contributed by atoms with E-state index in [0.717, 1.165) is 6.42 Å². The van der Waals surface area contributed by atoms with Crippen LogP contribution in [0.2, 0.25) is 0 Å². The molecule has 0 aliphatic carbocycles. The van der Waals surface area contributed by atoms with E-state index in [-0.39, 0.29) is 0 Å². The molecule has 0 aliphatic heterocycles. The highest BCUT2D eigenvalue weighted by Gasteiger charge is 2.05. The van der Waals surface area contributed by atoms with Gasteiger partial charge in [-0.1, -0.05) is 0 Å². The summed E-state index contributed by atoms with van der Waals surface area (Å²) in [5.74, 6) is 1.50. The lowest BCUT2D eigenvalue weighted by molar-refractivity contribution is 0.628. The molecule has 1 aromatic heterocycles. The van der Waals surface area contributed by atoms with E-state index < -0.39 is 10.8 Å². The first kappa shape index (κ1) is 10.3. The average molecular weight is 203 g/mol. The molecule has 0 aliphatic rings. The van der Waals surface area contributed by atoms with Crippen molar-refractivity contribution in [2.75, 3.05) is 12.3 Å². The van der Waals surface area contributed by atoms with E-state index in [1.807, 2.05) is 0 Å². The molecule has 0 spiro atoms. The van der Waals surface area contributed by atoms with Gasteiger partial charge in [0.05, 0.1) is 12.8 Å². The molecule has 7 heteroatoms. The first-order valence-electron chi connectivity index (χ1n) is 4.00. The van der Waals surface area contributed by atoms with Crippen molar-refractivity contribution < 1.29 is 4.21 Å². The van der Waals surface area contributed by atoms with Gasteiger partial charge in [0, 0.05) is 16.6 Å². The van der Waals surface area contributed by atoms with Gasteiger partial charge in [-0.05, 0) is 18.2 Å². The minimum absolute atomic E-state index is 0.369. The third-order valence-electron chi connectivity index (χ3n) is 1.42. The summed E-state index contributed by atoms with van der Waals surface area (Å²) in [7, 11) is 0.764. The maximum absolute atomic E-state index is 11.3. The lowest BCUT2D eigenvalue weighted by atomic mass is 10.5. The van der Waals surface area contributed by atoms with Gasteiger partial charge in [0.15, 0.2) is 5.82 Å². The molecular weight excluding hydrogens is 190 g/mol. The molecule has 1 unspecified atom stereocenters. The maximum Gasteiger partial charge on any atom is 0.187 e. The van der Waals surface area contributed by atoms with Gasteiger partial charge >= 0.3 is 0 Å². The number of tetrazole rings is 1. The molecule has 0 fully saturated rings. The second kappa shape index (κ2) is 5.03. The van der Waals surface area contributed by atoms with Crippen molar-refractivity contribution in [1.29, 1.82) is 0 Å². The van der Waals surface area contributed by atoms with Crippen LogP contribution < -0.4 is 5.73 Å². The van der Waals surface area contributed by atoms with E-state index in [9.17, 15) is 4.21 Å². The van der Waals surface area contributed by atoms with Crippen LogP contribution in [0.3, 0.4) is 0 Å². The van der Waals surface area contributed by atoms with E-state index in [1.165, 1.54) is 4.80 Å². The first-order chi connectivity index (χ1) is 6.22. The minimum Gasteiger partial charge on any atom is -0.330 e. The molecule has 0 amide bonds. The second-order valence-corrected chi connectivity index (χ2v) is 4.20. The van der Waals surface area contributed by atoms with Crippen LogP contribution in [0.25, 0.3) is 0 Å². The summed E-state index contributed by atoms with van der Waals surface area (Å²) in [6.45, 7) is 0.569. The van der Waals surface area contributed by atoms with Crippen LogP contribution >= 0.6 is 0 Å². The molecule has 13 heavy (non-hydrogen) atoms. The highest BCUT2D eigenvalue weighted by atomic mass is 32.2. The second-order valence-electron chi connectivity index (χ2n) is 2.63. The highest BCUT2D eigenvalue weighted by molar-refractivity contribution is 7.84. The fourth-order valence-corrected chi connectivity index (χ4v) is 1.88. The monoisotopic (exact) mass is 203 g/mol. The summed E-state index contributed by atoms with van der Waals surface area (Å²) in [6, 6.07) is 0. The summed E-state index contributed by atoms with van der Waals surface area (Å²) >= 11 is 0. The van der Waals surface area contributed by atoms with Gasteiger partial charge in [-0.2, -0.15) is 4.80 Å². The van der Waals surface area contributed by atoms with Crippen molar-refractivity contribution in [3.63, 3.8) is 0 Å². The Kier molecular flexibility index (Phi) is 3.97. The van der Waals surface area contributed by atoms with Crippen LogP contribution in [0.4, 0.5) is 0 Å². The van der Waals surface area contributed by atoms with Crippen molar-refractivity contribution in [1.82, 2.24) is 20.2 Å². The van der Waals surface area contributed by atoms with Gasteiger partial charge in [0.1, 0.15) is 0 Å². The highest BCUT2D eigenvalue weighted by Crippen LogP contribution is 1.95. The Hall–Kier alpha value is -0.820. The van der Waals surface area contributed by atoms with Crippen LogP contribution in [0.5, 0.6) is 0 Å². The average Bonchev–Trinajstić information content (AvgIpc) is 2.48. The standard InChI is InChI=1S/C6H13N5OS/c1-11-9-6(8-10-11)5-13(12)4-2-3-7/h2-5,7H2,1H3. The van der Waals surface area contributed by atoms with Crippen LogP contribution in [-0.2, 0) is 23.6 Å². The fraction of sp³-hybridized carbons (Fsp3) is 0.833. The topological polar surface area (TPSA) is 86.7 Å². The van der Waals surface area contributed by atoms with Crippen molar-refractivity contribution in [2.45, 2.75) is 12.2 Å². The van der Waals surface area contributed by atoms with Gasteiger partial charge in [0.2, 0.25) is 0 Å². The zero-order chi connectivity index (χ0) is 9.68. The quantitative estimate of drug-likeness (QED) is 0.650. The fourth-order valence-electron chi connectivity index (χ4n) is 0.842. The smallest absolute Gasteiger partial charge is 0.187 e. The summed E-state index contributed by atoms with van der Waals surface area (Å²) in [5.41, 5.74) is 5.29. The predicted octanol–water partition coefficient (Wildman–Crippen LogP) is -1.19. The summed E-state index contributed by atoms with van der Waals surface area (Å²) in [6.07, 6.45) is 0.771. The molecule has 0 bridgehead atoms. The normalized spacial score (nSPS) is 13.1. The molecule has 1 heterocycles. The van der Waals surface area contributed by atoms with Crippen molar-refractivity contribution >= 4 is 10.8 Å². The number of aromatic nitrogens is 4. The largest absolute Gasteiger partial charge is 0.330 e. The van der Waals surface area contributed by atoms with Crippen molar-refractivity contribution in [2.24, 2.45) is 12.8 Å².